The number of nitrogens with one attached hydrogen (secondary N) is 2. The number of phenols is 1. The van der Waals surface area contributed by atoms with Crippen molar-refractivity contribution in [3.8, 4) is 5.75 Å². The highest BCUT2D eigenvalue weighted by atomic mass is 32.2. The summed E-state index contributed by atoms with van der Waals surface area (Å²) < 4.78 is 39.6. The molecule has 0 aromatic heterocycles. The number of carbonyl (C=O) groups is 2. The molecular weight excluding hydrogens is 542 g/mol. The maximum Gasteiger partial charge on any atom is 0.343 e. The second-order valence-electron chi connectivity index (χ2n) is 8.96. The lowest BCUT2D eigenvalue weighted by Gasteiger charge is -2.27. The molecule has 40 heavy (non-hydrogen) atoms. The van der Waals surface area contributed by atoms with E-state index in [2.05, 4.69) is 10.0 Å². The smallest absolute Gasteiger partial charge is 0.343 e. The SMILES string of the molecule is CCOC(=O)C1(C(=O)OCC)NC(c2cccc([N+](=O)[O-])c2)c2c(NS(=O)(=O)c3ccc(C)cc3)ccc(O)c21. The number of aryl methyl sites for hydroxylation is 1. The van der Waals surface area contributed by atoms with Crippen LogP contribution in [0.1, 0.15) is 42.1 Å². The minimum atomic E-state index is -4.19. The number of aromatic hydroxyl groups is 1. The molecule has 4 rings (SSSR count). The van der Waals surface area contributed by atoms with Gasteiger partial charge in [0.2, 0.25) is 5.54 Å². The van der Waals surface area contributed by atoms with Crippen molar-refractivity contribution in [2.24, 2.45) is 0 Å². The van der Waals surface area contributed by atoms with Gasteiger partial charge in [-0.05, 0) is 50.6 Å². The molecule has 1 aliphatic heterocycles. The highest BCUT2D eigenvalue weighted by Gasteiger charge is 2.60. The third kappa shape index (κ3) is 4.96. The summed E-state index contributed by atoms with van der Waals surface area (Å²) in [6.45, 7) is 4.60. The van der Waals surface area contributed by atoms with Crippen LogP contribution in [-0.4, -0.2) is 43.6 Å². The van der Waals surface area contributed by atoms with Crippen LogP contribution in [0, 0.1) is 17.0 Å². The number of anilines is 1. The van der Waals surface area contributed by atoms with Crippen molar-refractivity contribution in [2.45, 2.75) is 37.2 Å². The number of non-ortho nitro benzene ring substituents is 1. The fourth-order valence-corrected chi connectivity index (χ4v) is 5.70. The Kier molecular flexibility index (Phi) is 7.80. The third-order valence-corrected chi connectivity index (χ3v) is 7.78. The zero-order valence-electron chi connectivity index (χ0n) is 21.8. The molecule has 3 aromatic rings. The lowest BCUT2D eigenvalue weighted by Crippen LogP contribution is -2.54. The molecule has 3 N–H and O–H groups in total. The molecular formula is C27H27N3O9S. The standard InChI is InChI=1S/C27H27N3O9S/c1-4-38-25(32)27(26(33)39-5-2)23-21(31)14-13-20(29-40(36,37)19-11-9-16(3)10-12-19)22(23)24(28-27)17-7-6-8-18(15-17)30(34)35/h6-15,24,28-29,31H,4-5H2,1-3H3. The molecule has 1 unspecified atom stereocenters. The molecule has 0 radical (unpaired) electrons. The Bertz CT molecular complexity index is 1570. The van der Waals surface area contributed by atoms with Gasteiger partial charge in [-0.2, -0.15) is 0 Å². The summed E-state index contributed by atoms with van der Waals surface area (Å²) in [6.07, 6.45) is 0. The monoisotopic (exact) mass is 569 g/mol. The van der Waals surface area contributed by atoms with E-state index in [1.807, 2.05) is 0 Å². The maximum atomic E-state index is 13.5. The number of carbonyl (C=O) groups excluding carboxylic acids is 2. The summed E-state index contributed by atoms with van der Waals surface area (Å²) in [5, 5.41) is 25.4. The molecule has 210 valence electrons. The van der Waals surface area contributed by atoms with Gasteiger partial charge in [-0.1, -0.05) is 29.8 Å². The Hall–Kier alpha value is -4.49. The van der Waals surface area contributed by atoms with Gasteiger partial charge >= 0.3 is 11.9 Å². The van der Waals surface area contributed by atoms with Crippen LogP contribution in [0.5, 0.6) is 5.75 Å². The minimum Gasteiger partial charge on any atom is -0.508 e. The fourth-order valence-electron chi connectivity index (χ4n) is 4.62. The number of nitrogens with zero attached hydrogens (tertiary/aromatic N) is 1. The van der Waals surface area contributed by atoms with Crippen LogP contribution in [0.25, 0.3) is 0 Å². The second-order valence-corrected chi connectivity index (χ2v) is 10.6. The van der Waals surface area contributed by atoms with Crippen LogP contribution in [0.15, 0.2) is 65.6 Å². The molecule has 1 aliphatic rings. The van der Waals surface area contributed by atoms with E-state index in [0.717, 1.165) is 11.6 Å². The maximum absolute atomic E-state index is 13.5. The number of esters is 2. The van der Waals surface area contributed by atoms with Crippen molar-refractivity contribution >= 4 is 33.3 Å². The molecule has 0 saturated heterocycles. The third-order valence-electron chi connectivity index (χ3n) is 6.40. The first kappa shape index (κ1) is 28.5. The van der Waals surface area contributed by atoms with Crippen molar-refractivity contribution < 1.29 is 37.5 Å². The Labute approximate surface area is 230 Å². The van der Waals surface area contributed by atoms with Gasteiger partial charge in [-0.3, -0.25) is 20.2 Å². The quantitative estimate of drug-likeness (QED) is 0.114. The Morgan fingerprint density at radius 2 is 1.68 bits per heavy atom. The molecule has 1 heterocycles. The van der Waals surface area contributed by atoms with E-state index in [-0.39, 0.29) is 46.2 Å². The van der Waals surface area contributed by atoms with Crippen molar-refractivity contribution in [3.05, 3.63) is 93.0 Å². The van der Waals surface area contributed by atoms with E-state index in [0.29, 0.717) is 0 Å². The van der Waals surface area contributed by atoms with E-state index in [4.69, 9.17) is 9.47 Å². The first-order valence-electron chi connectivity index (χ1n) is 12.3. The lowest BCUT2D eigenvalue weighted by atomic mass is 9.87. The Morgan fingerprint density at radius 1 is 1.05 bits per heavy atom. The number of fused-ring (bicyclic) bond motifs is 1. The van der Waals surface area contributed by atoms with Crippen LogP contribution in [0.4, 0.5) is 11.4 Å². The van der Waals surface area contributed by atoms with E-state index in [9.17, 15) is 33.2 Å². The molecule has 0 amide bonds. The number of hydrogen-bond acceptors (Lipinski definition) is 10. The number of nitro groups is 1. The zero-order chi connectivity index (χ0) is 29.2. The van der Waals surface area contributed by atoms with E-state index in [1.165, 1.54) is 56.3 Å². The van der Waals surface area contributed by atoms with E-state index < -0.39 is 44.2 Å². The highest BCUT2D eigenvalue weighted by molar-refractivity contribution is 7.92. The molecule has 0 aliphatic carbocycles. The summed E-state index contributed by atoms with van der Waals surface area (Å²) in [7, 11) is -4.19. The van der Waals surface area contributed by atoms with Crippen LogP contribution in [0.2, 0.25) is 0 Å². The van der Waals surface area contributed by atoms with Crippen molar-refractivity contribution in [1.29, 1.82) is 0 Å². The van der Waals surface area contributed by atoms with Crippen LogP contribution in [0.3, 0.4) is 0 Å². The minimum absolute atomic E-state index is 0.00251. The Morgan fingerprint density at radius 3 is 2.25 bits per heavy atom. The molecule has 1 atom stereocenters. The van der Waals surface area contributed by atoms with Gasteiger partial charge in [0.15, 0.2) is 0 Å². The fraction of sp³-hybridized carbons (Fsp3) is 0.259. The van der Waals surface area contributed by atoms with Gasteiger partial charge in [-0.15, -0.1) is 0 Å². The van der Waals surface area contributed by atoms with Crippen molar-refractivity contribution in [1.82, 2.24) is 5.32 Å². The number of ether oxygens (including phenoxy) is 2. The first-order chi connectivity index (χ1) is 19.0. The first-order valence-corrected chi connectivity index (χ1v) is 13.8. The summed E-state index contributed by atoms with van der Waals surface area (Å²) >= 11 is 0. The van der Waals surface area contributed by atoms with Gasteiger partial charge in [0.25, 0.3) is 15.7 Å². The van der Waals surface area contributed by atoms with Crippen LogP contribution in [-0.2, 0) is 34.6 Å². The topological polar surface area (TPSA) is 174 Å². The highest BCUT2D eigenvalue weighted by Crippen LogP contribution is 2.50. The molecule has 13 heteroatoms. The number of rotatable bonds is 9. The van der Waals surface area contributed by atoms with Gasteiger partial charge in [-0.25, -0.2) is 18.0 Å². The van der Waals surface area contributed by atoms with E-state index >= 15 is 0 Å². The summed E-state index contributed by atoms with van der Waals surface area (Å²) in [6, 6.07) is 12.7. The number of hydrogen-bond donors (Lipinski definition) is 3. The predicted molar refractivity (Wildman–Crippen MR) is 143 cm³/mol. The van der Waals surface area contributed by atoms with E-state index in [1.54, 1.807) is 19.1 Å². The van der Waals surface area contributed by atoms with Gasteiger partial charge in [0.1, 0.15) is 5.75 Å². The van der Waals surface area contributed by atoms with Crippen molar-refractivity contribution in [3.63, 3.8) is 0 Å². The average molecular weight is 570 g/mol. The van der Waals surface area contributed by atoms with Crippen LogP contribution >= 0.6 is 0 Å². The van der Waals surface area contributed by atoms with Gasteiger partial charge < -0.3 is 14.6 Å². The number of sulfonamides is 1. The predicted octanol–water partition coefficient (Wildman–Crippen LogP) is 3.42. The summed E-state index contributed by atoms with van der Waals surface area (Å²) in [4.78, 5) is 37.8. The van der Waals surface area contributed by atoms with Crippen LogP contribution < -0.4 is 10.0 Å². The summed E-state index contributed by atoms with van der Waals surface area (Å²) in [5.41, 5.74) is -2.01. The van der Waals surface area contributed by atoms with Gasteiger partial charge in [0, 0.05) is 23.3 Å². The van der Waals surface area contributed by atoms with Gasteiger partial charge in [0.05, 0.1) is 34.8 Å². The number of phenolic OH excluding ortho intramolecular Hbond substituents is 1. The molecule has 0 saturated carbocycles. The lowest BCUT2D eigenvalue weighted by molar-refractivity contribution is -0.384. The molecule has 0 bridgehead atoms. The number of benzene rings is 3. The van der Waals surface area contributed by atoms with Crippen molar-refractivity contribution in [2.75, 3.05) is 17.9 Å². The molecule has 12 nitrogen and oxygen atoms in total. The largest absolute Gasteiger partial charge is 0.508 e. The molecule has 0 spiro atoms. The zero-order valence-corrected chi connectivity index (χ0v) is 22.7. The summed E-state index contributed by atoms with van der Waals surface area (Å²) in [5.74, 6) is -2.72. The normalized spacial score (nSPS) is 15.6. The average Bonchev–Trinajstić information content (AvgIpc) is 3.29. The molecule has 0 fully saturated rings. The Balaban J connectivity index is 2.01. The number of nitro benzene ring substituents is 1. The second kappa shape index (κ2) is 10.9. The molecule has 3 aromatic carbocycles.